The number of hydrogen-bond acceptors (Lipinski definition) is 6. The molecule has 222 valence electrons. The number of aromatic nitrogens is 3. The van der Waals surface area contributed by atoms with Gasteiger partial charge >= 0.3 is 0 Å². The molecule has 4 aromatic carbocycles. The highest BCUT2D eigenvalue weighted by molar-refractivity contribution is 6.04. The first-order valence-corrected chi connectivity index (χ1v) is 14.0. The van der Waals surface area contributed by atoms with Crippen LogP contribution in [0.1, 0.15) is 15.9 Å². The molecule has 0 fully saturated rings. The molecule has 1 aromatic heterocycles. The second kappa shape index (κ2) is 13.9. The molecule has 0 aliphatic heterocycles. The van der Waals surface area contributed by atoms with Crippen LogP contribution in [0.25, 0.3) is 11.3 Å². The molecule has 0 aliphatic carbocycles. The number of hydrogen-bond donors (Lipinski definition) is 2. The van der Waals surface area contributed by atoms with Gasteiger partial charge in [0.1, 0.15) is 24.0 Å². The van der Waals surface area contributed by atoms with E-state index in [-0.39, 0.29) is 24.3 Å². The Bertz CT molecular complexity index is 1720. The summed E-state index contributed by atoms with van der Waals surface area (Å²) in [5.41, 5.74) is 3.99. The molecule has 5 aromatic rings. The van der Waals surface area contributed by atoms with Gasteiger partial charge in [-0.05, 0) is 54.1 Å². The van der Waals surface area contributed by atoms with Crippen molar-refractivity contribution < 1.29 is 19.1 Å². The molecular formula is C34H32N6O4. The van der Waals surface area contributed by atoms with Crippen LogP contribution in [0.15, 0.2) is 115 Å². The van der Waals surface area contributed by atoms with E-state index in [1.807, 2.05) is 42.5 Å². The van der Waals surface area contributed by atoms with Crippen LogP contribution in [0.4, 0.5) is 11.4 Å². The minimum atomic E-state index is -0.815. The number of carbonyl (C=O) groups is 3. The third-order valence-corrected chi connectivity index (χ3v) is 7.00. The number of carbonyl (C=O) groups excluding carboxylic acids is 3. The molecule has 10 heteroatoms. The average Bonchev–Trinajstić information content (AvgIpc) is 3.53. The van der Waals surface area contributed by atoms with Gasteiger partial charge in [-0.1, -0.05) is 65.9 Å². The molecule has 0 aliphatic rings. The first-order valence-electron chi connectivity index (χ1n) is 14.0. The SMILES string of the molecule is COc1ccc(N(C)C(=O)[C@H](Cc2ccccc2)NC(=O)Cn2cc(-c3cccc(NC(=O)c4ccccc4)c3)nn2)cc1. The van der Waals surface area contributed by atoms with Crippen LogP contribution in [-0.2, 0) is 22.6 Å². The number of rotatable bonds is 11. The Kier molecular flexibility index (Phi) is 9.41. The molecule has 0 saturated heterocycles. The highest BCUT2D eigenvalue weighted by atomic mass is 16.5. The van der Waals surface area contributed by atoms with Crippen molar-refractivity contribution in [3.63, 3.8) is 0 Å². The summed E-state index contributed by atoms with van der Waals surface area (Å²) in [5.74, 6) is -0.191. The van der Waals surface area contributed by atoms with Crippen LogP contribution < -0.4 is 20.3 Å². The zero-order valence-electron chi connectivity index (χ0n) is 24.4. The minimum absolute atomic E-state index is 0.137. The highest BCUT2D eigenvalue weighted by Gasteiger charge is 2.26. The highest BCUT2D eigenvalue weighted by Crippen LogP contribution is 2.22. The van der Waals surface area contributed by atoms with Gasteiger partial charge in [0.2, 0.25) is 11.8 Å². The van der Waals surface area contributed by atoms with Gasteiger partial charge < -0.3 is 20.3 Å². The molecule has 5 rings (SSSR count). The van der Waals surface area contributed by atoms with Gasteiger partial charge in [0.05, 0.1) is 13.3 Å². The van der Waals surface area contributed by atoms with Gasteiger partial charge in [0, 0.05) is 36.0 Å². The van der Waals surface area contributed by atoms with Crippen LogP contribution >= 0.6 is 0 Å². The molecule has 0 unspecified atom stereocenters. The van der Waals surface area contributed by atoms with Gasteiger partial charge in [-0.25, -0.2) is 4.68 Å². The fourth-order valence-electron chi connectivity index (χ4n) is 4.66. The monoisotopic (exact) mass is 588 g/mol. The Hall–Kier alpha value is -5.77. The second-order valence-electron chi connectivity index (χ2n) is 10.1. The molecule has 10 nitrogen and oxygen atoms in total. The number of nitrogens with one attached hydrogen (secondary N) is 2. The Morgan fingerprint density at radius 2 is 1.59 bits per heavy atom. The van der Waals surface area contributed by atoms with Gasteiger partial charge in [-0.3, -0.25) is 14.4 Å². The maximum Gasteiger partial charge on any atom is 0.255 e. The third-order valence-electron chi connectivity index (χ3n) is 7.00. The lowest BCUT2D eigenvalue weighted by Crippen LogP contribution is -2.49. The molecule has 1 heterocycles. The fraction of sp³-hybridized carbons (Fsp3) is 0.147. The van der Waals surface area contributed by atoms with E-state index in [1.54, 1.807) is 87.1 Å². The van der Waals surface area contributed by atoms with Crippen LogP contribution in [0.5, 0.6) is 5.75 Å². The summed E-state index contributed by atoms with van der Waals surface area (Å²) in [6.07, 6.45) is 1.96. The van der Waals surface area contributed by atoms with E-state index < -0.39 is 6.04 Å². The van der Waals surface area contributed by atoms with E-state index in [4.69, 9.17) is 4.74 Å². The number of nitrogens with zero attached hydrogens (tertiary/aromatic N) is 4. The Morgan fingerprint density at radius 1 is 0.886 bits per heavy atom. The summed E-state index contributed by atoms with van der Waals surface area (Å²) in [4.78, 5) is 40.9. The molecule has 0 radical (unpaired) electrons. The molecule has 3 amide bonds. The van der Waals surface area contributed by atoms with Crippen molar-refractivity contribution in [3.8, 4) is 17.0 Å². The number of methoxy groups -OCH3 is 1. The summed E-state index contributed by atoms with van der Waals surface area (Å²) in [7, 11) is 3.26. The first-order chi connectivity index (χ1) is 21.4. The summed E-state index contributed by atoms with van der Waals surface area (Å²) < 4.78 is 6.64. The number of benzene rings is 4. The van der Waals surface area contributed by atoms with Gasteiger partial charge in [-0.2, -0.15) is 0 Å². The lowest BCUT2D eigenvalue weighted by atomic mass is 10.0. The molecular weight excluding hydrogens is 556 g/mol. The van der Waals surface area contributed by atoms with E-state index in [0.717, 1.165) is 11.1 Å². The third kappa shape index (κ3) is 7.54. The lowest BCUT2D eigenvalue weighted by molar-refractivity contribution is -0.127. The van der Waals surface area contributed by atoms with Crippen molar-refractivity contribution in [1.82, 2.24) is 20.3 Å². The summed E-state index contributed by atoms with van der Waals surface area (Å²) in [5, 5.41) is 14.1. The van der Waals surface area contributed by atoms with E-state index in [2.05, 4.69) is 20.9 Å². The fourth-order valence-corrected chi connectivity index (χ4v) is 4.66. The van der Waals surface area contributed by atoms with E-state index in [0.29, 0.717) is 34.8 Å². The van der Waals surface area contributed by atoms with Crippen molar-refractivity contribution in [2.24, 2.45) is 0 Å². The van der Waals surface area contributed by atoms with Crippen molar-refractivity contribution in [1.29, 1.82) is 0 Å². The number of anilines is 2. The summed E-state index contributed by atoms with van der Waals surface area (Å²) in [6.45, 7) is -0.137. The number of ether oxygens (including phenoxy) is 1. The lowest BCUT2D eigenvalue weighted by Gasteiger charge is -2.25. The summed E-state index contributed by atoms with van der Waals surface area (Å²) in [6, 6.07) is 32.0. The van der Waals surface area contributed by atoms with Crippen molar-refractivity contribution in [2.45, 2.75) is 19.0 Å². The molecule has 0 saturated carbocycles. The van der Waals surface area contributed by atoms with Gasteiger partial charge in [-0.15, -0.1) is 5.10 Å². The predicted octanol–water partition coefficient (Wildman–Crippen LogP) is 4.60. The normalized spacial score (nSPS) is 11.3. The maximum absolute atomic E-state index is 13.6. The average molecular weight is 589 g/mol. The molecule has 2 N–H and O–H groups in total. The largest absolute Gasteiger partial charge is 0.497 e. The number of amides is 3. The quantitative estimate of drug-likeness (QED) is 0.233. The molecule has 0 spiro atoms. The van der Waals surface area contributed by atoms with Crippen LogP contribution in [0.2, 0.25) is 0 Å². The Balaban J connectivity index is 1.26. The van der Waals surface area contributed by atoms with E-state index in [9.17, 15) is 14.4 Å². The van der Waals surface area contributed by atoms with Crippen LogP contribution in [0.3, 0.4) is 0 Å². The van der Waals surface area contributed by atoms with Crippen molar-refractivity contribution >= 4 is 29.1 Å². The molecule has 0 bridgehead atoms. The minimum Gasteiger partial charge on any atom is -0.497 e. The Morgan fingerprint density at radius 3 is 2.30 bits per heavy atom. The second-order valence-corrected chi connectivity index (χ2v) is 10.1. The maximum atomic E-state index is 13.6. The van der Waals surface area contributed by atoms with E-state index in [1.165, 1.54) is 9.58 Å². The van der Waals surface area contributed by atoms with Gasteiger partial charge in [0.15, 0.2) is 0 Å². The molecule has 1 atom stereocenters. The summed E-state index contributed by atoms with van der Waals surface area (Å²) >= 11 is 0. The smallest absolute Gasteiger partial charge is 0.255 e. The topological polar surface area (TPSA) is 118 Å². The van der Waals surface area contributed by atoms with Gasteiger partial charge in [0.25, 0.3) is 5.91 Å². The standard InChI is InChI=1S/C34H32N6O4/c1-39(28-16-18-29(44-2)19-17-28)34(43)30(20-24-10-5-3-6-11-24)36-32(41)23-40-22-31(37-38-40)26-14-9-15-27(21-26)35-33(42)25-12-7-4-8-13-25/h3-19,21-22,30H,20,23H2,1-2H3,(H,35,42)(H,36,41)/t30-/m0/s1. The zero-order chi connectivity index (χ0) is 30.9. The van der Waals surface area contributed by atoms with E-state index >= 15 is 0 Å². The van der Waals surface area contributed by atoms with Crippen molar-refractivity contribution in [2.75, 3.05) is 24.4 Å². The number of likely N-dealkylation sites (N-methyl/N-ethyl adjacent to an activating group) is 1. The predicted molar refractivity (Wildman–Crippen MR) is 168 cm³/mol. The zero-order valence-corrected chi connectivity index (χ0v) is 24.4. The van der Waals surface area contributed by atoms with Crippen molar-refractivity contribution in [3.05, 3.63) is 127 Å². The first kappa shape index (κ1) is 29.7. The Labute approximate surface area is 255 Å². The van der Waals surface area contributed by atoms with Crippen LogP contribution in [-0.4, -0.2) is 52.9 Å². The molecule has 44 heavy (non-hydrogen) atoms. The van der Waals surface area contributed by atoms with Crippen LogP contribution in [0, 0.1) is 0 Å².